The number of ether oxygens (including phenoxy) is 1. The maximum atomic E-state index is 15.8. The minimum atomic E-state index is -3.76. The molecule has 0 aliphatic carbocycles. The van der Waals surface area contributed by atoms with Gasteiger partial charge in [0, 0.05) is 44.1 Å². The third-order valence-corrected chi connectivity index (χ3v) is 8.94. The number of carbonyl (C=O) groups excluding carboxylic acids is 1. The maximum absolute atomic E-state index is 15.8. The number of halogens is 3. The van der Waals surface area contributed by atoms with Gasteiger partial charge in [-0.3, -0.25) is 19.1 Å². The van der Waals surface area contributed by atoms with E-state index in [0.29, 0.717) is 26.1 Å². The van der Waals surface area contributed by atoms with Crippen LogP contribution in [0.15, 0.2) is 84.3 Å². The van der Waals surface area contributed by atoms with Gasteiger partial charge >= 0.3 is 0 Å². The van der Waals surface area contributed by atoms with E-state index < -0.39 is 59.9 Å². The van der Waals surface area contributed by atoms with Gasteiger partial charge in [0.1, 0.15) is 29.8 Å². The predicted molar refractivity (Wildman–Crippen MR) is 165 cm³/mol. The van der Waals surface area contributed by atoms with Crippen molar-refractivity contribution in [2.24, 2.45) is 5.92 Å². The van der Waals surface area contributed by atoms with Crippen molar-refractivity contribution in [3.8, 4) is 11.6 Å². The van der Waals surface area contributed by atoms with Crippen LogP contribution in [0.2, 0.25) is 0 Å². The minimum absolute atomic E-state index is 0.128. The third kappa shape index (κ3) is 6.83. The Labute approximate surface area is 268 Å². The van der Waals surface area contributed by atoms with E-state index in [1.54, 1.807) is 6.20 Å². The lowest BCUT2D eigenvalue weighted by Gasteiger charge is -2.46. The summed E-state index contributed by atoms with van der Waals surface area (Å²) in [6.07, 6.45) is 4.10. The molecule has 246 valence electrons. The largest absolute Gasteiger partial charge is 0.437 e. The highest BCUT2D eigenvalue weighted by molar-refractivity contribution is 5.80. The number of hydrogen-bond donors (Lipinski definition) is 2. The molecule has 47 heavy (non-hydrogen) atoms. The van der Waals surface area contributed by atoms with Crippen molar-refractivity contribution < 1.29 is 27.8 Å². The smallest absolute Gasteiger partial charge is 0.295 e. The van der Waals surface area contributed by atoms with Gasteiger partial charge in [-0.25, -0.2) is 28.1 Å². The molecular weight excluding hydrogens is 615 g/mol. The number of likely N-dealkylation sites (tertiary alicyclic amines) is 2. The van der Waals surface area contributed by atoms with Crippen molar-refractivity contribution in [3.63, 3.8) is 0 Å². The van der Waals surface area contributed by atoms with Crippen LogP contribution in [-0.2, 0) is 17.9 Å². The monoisotopic (exact) mass is 649 g/mol. The van der Waals surface area contributed by atoms with E-state index >= 15 is 8.78 Å². The van der Waals surface area contributed by atoms with E-state index in [1.807, 2.05) is 36.4 Å². The Hall–Kier alpha value is -4.82. The molecule has 0 unspecified atom stereocenters. The summed E-state index contributed by atoms with van der Waals surface area (Å²) in [5, 5.41) is 11.2. The fraction of sp³-hybridized carbons (Fsp3) is 0.364. The lowest BCUT2D eigenvalue weighted by atomic mass is 9.78. The van der Waals surface area contributed by atoms with E-state index in [9.17, 15) is 19.1 Å². The van der Waals surface area contributed by atoms with Crippen LogP contribution in [0.1, 0.15) is 30.0 Å². The summed E-state index contributed by atoms with van der Waals surface area (Å²) in [4.78, 5) is 42.5. The van der Waals surface area contributed by atoms with Crippen LogP contribution in [0.25, 0.3) is 0 Å². The Bertz CT molecular complexity index is 1760. The number of aliphatic hydroxyl groups is 1. The van der Waals surface area contributed by atoms with E-state index in [1.165, 1.54) is 18.5 Å². The number of rotatable bonds is 8. The highest BCUT2D eigenvalue weighted by Gasteiger charge is 2.57. The van der Waals surface area contributed by atoms with Crippen LogP contribution >= 0.6 is 0 Å². The lowest BCUT2D eigenvalue weighted by molar-refractivity contribution is -0.223. The molecule has 2 aliphatic rings. The number of nitrogen functional groups attached to an aromatic ring is 1. The molecule has 14 heteroatoms. The van der Waals surface area contributed by atoms with Crippen molar-refractivity contribution in [2.75, 3.05) is 31.9 Å². The fourth-order valence-electron chi connectivity index (χ4n) is 6.30. The minimum Gasteiger partial charge on any atom is -0.437 e. The molecule has 3 atom stereocenters. The van der Waals surface area contributed by atoms with Gasteiger partial charge in [0.15, 0.2) is 5.69 Å². The molecule has 2 saturated heterocycles. The molecule has 2 aromatic carbocycles. The van der Waals surface area contributed by atoms with Crippen molar-refractivity contribution >= 4 is 11.6 Å². The Kier molecular flexibility index (Phi) is 8.97. The van der Waals surface area contributed by atoms with Crippen LogP contribution in [0.4, 0.5) is 18.9 Å². The van der Waals surface area contributed by atoms with Gasteiger partial charge in [0.2, 0.25) is 11.8 Å². The van der Waals surface area contributed by atoms with Crippen molar-refractivity contribution in [1.29, 1.82) is 0 Å². The topological polar surface area (TPSA) is 140 Å². The van der Waals surface area contributed by atoms with Gasteiger partial charge in [-0.05, 0) is 48.9 Å². The number of benzene rings is 2. The first-order valence-corrected chi connectivity index (χ1v) is 15.2. The SMILES string of the molecule is Nc1c(Oc2ccc(F)cc2)ncn(C[C@@]2(O)CCN(C(=O)[C@@H]3CCN(Cc4ccncn4)C[C@H]3c3ccccc3)CC2(F)F)c1=O. The number of anilines is 1. The number of amides is 1. The predicted octanol–water partition coefficient (Wildman–Crippen LogP) is 3.45. The zero-order valence-electron chi connectivity index (χ0n) is 25.4. The van der Waals surface area contributed by atoms with Crippen LogP contribution in [-0.4, -0.2) is 78.0 Å². The van der Waals surface area contributed by atoms with Gasteiger partial charge in [-0.15, -0.1) is 0 Å². The Morgan fingerprint density at radius 1 is 1.06 bits per heavy atom. The summed E-state index contributed by atoms with van der Waals surface area (Å²) in [6, 6.07) is 16.3. The van der Waals surface area contributed by atoms with E-state index in [2.05, 4.69) is 19.9 Å². The average Bonchev–Trinajstić information content (AvgIpc) is 3.07. The normalized spacial score (nSPS) is 22.9. The Morgan fingerprint density at radius 3 is 2.53 bits per heavy atom. The second-order valence-corrected chi connectivity index (χ2v) is 12.0. The van der Waals surface area contributed by atoms with Gasteiger partial charge in [0.05, 0.1) is 18.8 Å². The summed E-state index contributed by atoms with van der Waals surface area (Å²) in [6.45, 7) is -0.249. The molecule has 4 heterocycles. The highest BCUT2D eigenvalue weighted by Crippen LogP contribution is 2.41. The number of nitrogens with two attached hydrogens (primary N) is 1. The van der Waals surface area contributed by atoms with Gasteiger partial charge in [0.25, 0.3) is 11.5 Å². The first-order chi connectivity index (χ1) is 22.5. The second-order valence-electron chi connectivity index (χ2n) is 12.0. The molecule has 3 N–H and O–H groups in total. The fourth-order valence-corrected chi connectivity index (χ4v) is 6.30. The molecule has 4 aromatic rings. The summed E-state index contributed by atoms with van der Waals surface area (Å²) >= 11 is 0. The number of alkyl halides is 2. The van der Waals surface area contributed by atoms with Crippen LogP contribution in [0.3, 0.4) is 0 Å². The zero-order valence-corrected chi connectivity index (χ0v) is 25.4. The highest BCUT2D eigenvalue weighted by atomic mass is 19.3. The molecule has 0 radical (unpaired) electrons. The number of aromatic nitrogens is 4. The van der Waals surface area contributed by atoms with Crippen LogP contribution in [0, 0.1) is 11.7 Å². The standard InChI is InChI=1S/C33H34F3N7O4/c34-23-6-8-25(9-7-23)47-29-28(37)31(45)43(21-40-29)18-32(46)12-15-42(19-33(32,35)36)30(44)26-11-14-41(16-24-10-13-38-20-39-24)17-27(26)22-4-2-1-3-5-22/h1-10,13,20-21,26-27,46H,11-12,14-19,37H2/t26-,27+,32+/m1/s1. The van der Waals surface area contributed by atoms with Crippen LogP contribution < -0.4 is 16.0 Å². The number of nitrogens with zero attached hydrogens (tertiary/aromatic N) is 6. The molecule has 1 amide bonds. The van der Waals surface area contributed by atoms with Crippen molar-refractivity contribution in [1.82, 2.24) is 29.3 Å². The maximum Gasteiger partial charge on any atom is 0.295 e. The molecule has 2 fully saturated rings. The Balaban J connectivity index is 1.15. The zero-order chi connectivity index (χ0) is 33.2. The van der Waals surface area contributed by atoms with Gasteiger partial charge < -0.3 is 20.5 Å². The molecular formula is C33H34F3N7O4. The molecule has 6 rings (SSSR count). The van der Waals surface area contributed by atoms with Crippen molar-refractivity contribution in [3.05, 3.63) is 107 Å². The van der Waals surface area contributed by atoms with E-state index in [-0.39, 0.29) is 24.1 Å². The molecule has 11 nitrogen and oxygen atoms in total. The van der Waals surface area contributed by atoms with Gasteiger partial charge in [-0.2, -0.15) is 0 Å². The quantitative estimate of drug-likeness (QED) is 0.294. The first kappa shape index (κ1) is 32.1. The van der Waals surface area contributed by atoms with E-state index in [4.69, 9.17) is 10.5 Å². The number of piperidine rings is 2. The third-order valence-electron chi connectivity index (χ3n) is 8.94. The van der Waals surface area contributed by atoms with Crippen molar-refractivity contribution in [2.45, 2.75) is 43.4 Å². The van der Waals surface area contributed by atoms with E-state index in [0.717, 1.165) is 39.2 Å². The molecule has 0 spiro atoms. The summed E-state index contributed by atoms with van der Waals surface area (Å²) in [5.41, 5.74) is 3.69. The second kappa shape index (κ2) is 13.1. The van der Waals surface area contributed by atoms with Crippen LogP contribution in [0.5, 0.6) is 11.6 Å². The molecule has 0 saturated carbocycles. The average molecular weight is 650 g/mol. The number of hydrogen-bond acceptors (Lipinski definition) is 9. The van der Waals surface area contributed by atoms with Gasteiger partial charge in [-0.1, -0.05) is 30.3 Å². The number of carbonyl (C=O) groups is 1. The molecule has 0 bridgehead atoms. The lowest BCUT2D eigenvalue weighted by Crippen LogP contribution is -2.64. The molecule has 2 aromatic heterocycles. The summed E-state index contributed by atoms with van der Waals surface area (Å²) in [7, 11) is 0. The molecule has 2 aliphatic heterocycles. The Morgan fingerprint density at radius 2 is 1.83 bits per heavy atom. The first-order valence-electron chi connectivity index (χ1n) is 15.2. The summed E-state index contributed by atoms with van der Waals surface area (Å²) < 4.78 is 51.0. The summed E-state index contributed by atoms with van der Waals surface area (Å²) in [5.74, 6) is -5.55.